The van der Waals surface area contributed by atoms with Crippen molar-refractivity contribution in [3.63, 3.8) is 0 Å². The van der Waals surface area contributed by atoms with Gasteiger partial charge in [-0.05, 0) is 19.0 Å². The molecular weight excluding hydrogens is 190 g/mol. The van der Waals surface area contributed by atoms with Gasteiger partial charge in [0.05, 0.1) is 0 Å². The van der Waals surface area contributed by atoms with E-state index in [0.29, 0.717) is 5.78 Å². The van der Waals surface area contributed by atoms with Gasteiger partial charge < -0.3 is 5.32 Å². The van der Waals surface area contributed by atoms with Crippen molar-refractivity contribution in [2.24, 2.45) is 0 Å². The second-order valence-corrected chi connectivity index (χ2v) is 4.30. The second kappa shape index (κ2) is 3.00. The lowest BCUT2D eigenvalue weighted by molar-refractivity contribution is 0.483. The van der Waals surface area contributed by atoms with Crippen molar-refractivity contribution in [2.45, 2.75) is 18.8 Å². The fourth-order valence-electron chi connectivity index (χ4n) is 2.16. The van der Waals surface area contributed by atoms with Gasteiger partial charge in [-0.2, -0.15) is 0 Å². The summed E-state index contributed by atoms with van der Waals surface area (Å²) in [6, 6.07) is 1.91. The van der Waals surface area contributed by atoms with Crippen molar-refractivity contribution in [1.29, 1.82) is 0 Å². The molecule has 1 unspecified atom stereocenters. The quantitative estimate of drug-likeness (QED) is 0.727. The number of hydrogen-bond donors (Lipinski definition) is 1. The van der Waals surface area contributed by atoms with E-state index in [0.717, 1.165) is 25.3 Å². The maximum Gasteiger partial charge on any atom is 0.254 e. The third-order valence-electron chi connectivity index (χ3n) is 3.10. The van der Waals surface area contributed by atoms with Crippen LogP contribution in [0.15, 0.2) is 18.5 Å². The molecule has 2 aromatic rings. The highest BCUT2D eigenvalue weighted by Crippen LogP contribution is 2.28. The van der Waals surface area contributed by atoms with Gasteiger partial charge in [-0.3, -0.25) is 4.40 Å². The van der Waals surface area contributed by atoms with Crippen molar-refractivity contribution in [3.8, 4) is 0 Å². The zero-order chi connectivity index (χ0) is 10.3. The second-order valence-electron chi connectivity index (χ2n) is 4.30. The van der Waals surface area contributed by atoms with Gasteiger partial charge in [-0.1, -0.05) is 6.92 Å². The molecule has 1 aliphatic rings. The summed E-state index contributed by atoms with van der Waals surface area (Å²) in [7, 11) is 0. The average Bonchev–Trinajstić information content (AvgIpc) is 2.84. The monoisotopic (exact) mass is 203 g/mol. The lowest BCUT2D eigenvalue weighted by Gasteiger charge is -2.19. The molecule has 0 aromatic carbocycles. The Kier molecular flexibility index (Phi) is 1.76. The van der Waals surface area contributed by atoms with Crippen molar-refractivity contribution < 1.29 is 0 Å². The molecule has 0 radical (unpaired) electrons. The van der Waals surface area contributed by atoms with Gasteiger partial charge in [-0.15, -0.1) is 10.2 Å². The molecule has 1 N–H and O–H groups in total. The first-order chi connectivity index (χ1) is 7.30. The van der Waals surface area contributed by atoms with Crippen LogP contribution >= 0.6 is 0 Å². The lowest BCUT2D eigenvalue weighted by Crippen LogP contribution is -2.27. The van der Waals surface area contributed by atoms with Crippen molar-refractivity contribution in [3.05, 3.63) is 24.3 Å². The first-order valence-corrected chi connectivity index (χ1v) is 5.17. The third kappa shape index (κ3) is 1.23. The molecule has 3 rings (SSSR count). The summed E-state index contributed by atoms with van der Waals surface area (Å²) in [5, 5.41) is 11.7. The molecule has 1 atom stereocenters. The van der Waals surface area contributed by atoms with E-state index in [1.54, 1.807) is 6.20 Å². The van der Waals surface area contributed by atoms with E-state index in [1.807, 2.05) is 16.7 Å². The smallest absolute Gasteiger partial charge is 0.254 e. The average molecular weight is 203 g/mol. The Morgan fingerprint density at radius 2 is 2.40 bits per heavy atom. The minimum absolute atomic E-state index is 0.0858. The van der Waals surface area contributed by atoms with Crippen LogP contribution in [0.5, 0.6) is 0 Å². The zero-order valence-electron chi connectivity index (χ0n) is 8.64. The van der Waals surface area contributed by atoms with E-state index in [1.165, 1.54) is 0 Å². The van der Waals surface area contributed by atoms with E-state index in [2.05, 4.69) is 27.4 Å². The Bertz CT molecular complexity index is 483. The Morgan fingerprint density at radius 1 is 1.47 bits per heavy atom. The third-order valence-corrected chi connectivity index (χ3v) is 3.10. The van der Waals surface area contributed by atoms with Crippen LogP contribution in [0.25, 0.3) is 5.78 Å². The van der Waals surface area contributed by atoms with Crippen LogP contribution in [0.3, 0.4) is 0 Å². The molecule has 3 heterocycles. The van der Waals surface area contributed by atoms with Crippen LogP contribution in [-0.2, 0) is 5.41 Å². The minimum Gasteiger partial charge on any atom is -0.316 e. The summed E-state index contributed by atoms with van der Waals surface area (Å²) in [6.45, 7) is 4.23. The fraction of sp³-hybridized carbons (Fsp3) is 0.500. The maximum absolute atomic E-state index is 4.26. The van der Waals surface area contributed by atoms with Gasteiger partial charge in [0.1, 0.15) is 5.82 Å². The number of nitrogens with one attached hydrogen (secondary N) is 1. The molecule has 0 saturated carbocycles. The summed E-state index contributed by atoms with van der Waals surface area (Å²) in [4.78, 5) is 4.17. The van der Waals surface area contributed by atoms with E-state index < -0.39 is 0 Å². The molecule has 5 nitrogen and oxygen atoms in total. The van der Waals surface area contributed by atoms with Crippen molar-refractivity contribution in [2.75, 3.05) is 13.1 Å². The standard InChI is InChI=1S/C10H13N5/c1-10(3-5-11-7-10)8-13-14-9-12-4-2-6-15(8)9/h2,4,6,11H,3,5,7H2,1H3. The topological polar surface area (TPSA) is 55.1 Å². The number of nitrogens with zero attached hydrogens (tertiary/aromatic N) is 4. The molecule has 1 saturated heterocycles. The Labute approximate surface area is 87.5 Å². The molecule has 1 aliphatic heterocycles. The van der Waals surface area contributed by atoms with Crippen molar-refractivity contribution in [1.82, 2.24) is 24.9 Å². The highest BCUT2D eigenvalue weighted by molar-refractivity contribution is 5.29. The van der Waals surface area contributed by atoms with Gasteiger partial charge in [0.25, 0.3) is 5.78 Å². The highest BCUT2D eigenvalue weighted by atomic mass is 15.3. The highest BCUT2D eigenvalue weighted by Gasteiger charge is 2.34. The molecule has 0 amide bonds. The van der Waals surface area contributed by atoms with Gasteiger partial charge in [0.2, 0.25) is 0 Å². The van der Waals surface area contributed by atoms with Gasteiger partial charge in [0.15, 0.2) is 0 Å². The van der Waals surface area contributed by atoms with Crippen molar-refractivity contribution >= 4 is 5.78 Å². The van der Waals surface area contributed by atoms with Crippen LogP contribution in [-0.4, -0.2) is 32.7 Å². The van der Waals surface area contributed by atoms with Crippen LogP contribution in [0, 0.1) is 0 Å². The molecule has 0 spiro atoms. The normalized spacial score (nSPS) is 26.2. The predicted molar refractivity (Wildman–Crippen MR) is 55.6 cm³/mol. The molecule has 2 aromatic heterocycles. The lowest BCUT2D eigenvalue weighted by atomic mass is 9.89. The molecule has 1 fully saturated rings. The Hall–Kier alpha value is -1.49. The zero-order valence-corrected chi connectivity index (χ0v) is 8.64. The van der Waals surface area contributed by atoms with Crippen LogP contribution in [0.1, 0.15) is 19.2 Å². The fourth-order valence-corrected chi connectivity index (χ4v) is 2.16. The number of hydrogen-bond acceptors (Lipinski definition) is 4. The molecule has 0 bridgehead atoms. The first kappa shape index (κ1) is 8.79. The van der Waals surface area contributed by atoms with E-state index in [4.69, 9.17) is 0 Å². The van der Waals surface area contributed by atoms with E-state index >= 15 is 0 Å². The van der Waals surface area contributed by atoms with Crippen LogP contribution in [0.4, 0.5) is 0 Å². The van der Waals surface area contributed by atoms with Crippen LogP contribution < -0.4 is 5.32 Å². The molecule has 78 valence electrons. The van der Waals surface area contributed by atoms with Crippen LogP contribution in [0.2, 0.25) is 0 Å². The van der Waals surface area contributed by atoms with Gasteiger partial charge in [-0.25, -0.2) is 4.98 Å². The number of fused-ring (bicyclic) bond motifs is 1. The Morgan fingerprint density at radius 3 is 3.20 bits per heavy atom. The number of rotatable bonds is 1. The summed E-state index contributed by atoms with van der Waals surface area (Å²) >= 11 is 0. The summed E-state index contributed by atoms with van der Waals surface area (Å²) in [5.74, 6) is 1.69. The summed E-state index contributed by atoms with van der Waals surface area (Å²) in [6.07, 6.45) is 4.81. The SMILES string of the molecule is CC1(c2nnc3ncccn23)CCNC1. The van der Waals surface area contributed by atoms with Gasteiger partial charge >= 0.3 is 0 Å². The molecule has 0 aliphatic carbocycles. The van der Waals surface area contributed by atoms with E-state index in [9.17, 15) is 0 Å². The number of aromatic nitrogens is 4. The first-order valence-electron chi connectivity index (χ1n) is 5.17. The molecule has 5 heteroatoms. The summed E-state index contributed by atoms with van der Waals surface area (Å²) < 4.78 is 1.98. The Balaban J connectivity index is 2.18. The van der Waals surface area contributed by atoms with E-state index in [-0.39, 0.29) is 5.41 Å². The summed E-state index contributed by atoms with van der Waals surface area (Å²) in [5.41, 5.74) is 0.0858. The molecular formula is C10H13N5. The largest absolute Gasteiger partial charge is 0.316 e. The minimum atomic E-state index is 0.0858. The molecule has 15 heavy (non-hydrogen) atoms. The maximum atomic E-state index is 4.26. The van der Waals surface area contributed by atoms with Gasteiger partial charge in [0, 0.05) is 24.4 Å². The predicted octanol–water partition coefficient (Wildman–Crippen LogP) is 0.375.